The molecule has 0 fully saturated rings. The highest BCUT2D eigenvalue weighted by atomic mass is 16.3. The van der Waals surface area contributed by atoms with Gasteiger partial charge < -0.3 is 16.2 Å². The van der Waals surface area contributed by atoms with Crippen molar-refractivity contribution in [2.75, 3.05) is 12.3 Å². The lowest BCUT2D eigenvalue weighted by Crippen LogP contribution is -2.38. The van der Waals surface area contributed by atoms with Gasteiger partial charge in [-0.05, 0) is 32.9 Å². The Morgan fingerprint density at radius 3 is 2.53 bits per heavy atom. The number of nitrogen functional groups attached to an aromatic ring is 1. The number of aromatic nitrogens is 2. The number of aliphatic hydroxyl groups excluding tert-OH is 1. The molecular weight excluding hydrogens is 192 g/mol. The predicted octanol–water partition coefficient (Wildman–Crippen LogP) is 0.480. The highest BCUT2D eigenvalue weighted by Crippen LogP contribution is 2.10. The van der Waals surface area contributed by atoms with E-state index in [1.165, 1.54) is 0 Å². The van der Waals surface area contributed by atoms with Crippen molar-refractivity contribution in [1.82, 2.24) is 15.5 Å². The van der Waals surface area contributed by atoms with Gasteiger partial charge in [0.25, 0.3) is 0 Å². The third-order valence-corrected chi connectivity index (χ3v) is 1.87. The standard InChI is InChI=1S/C10H18N4O/c1-10(2,3)12-6-8(15)7-4-5-9(11)14-13-7/h4-5,8,12,15H,6H2,1-3H3,(H2,11,14)/t8-/m1/s1. The van der Waals surface area contributed by atoms with Gasteiger partial charge in [-0.2, -0.15) is 5.10 Å². The smallest absolute Gasteiger partial charge is 0.146 e. The molecule has 1 rings (SSSR count). The first-order valence-corrected chi connectivity index (χ1v) is 4.91. The number of nitrogens with two attached hydrogens (primary N) is 1. The lowest BCUT2D eigenvalue weighted by molar-refractivity contribution is 0.158. The molecule has 0 aliphatic rings. The maximum absolute atomic E-state index is 9.77. The average Bonchev–Trinajstić information content (AvgIpc) is 2.14. The van der Waals surface area contributed by atoms with Gasteiger partial charge in [0, 0.05) is 12.1 Å². The Hall–Kier alpha value is -1.20. The van der Waals surface area contributed by atoms with Crippen LogP contribution in [0.1, 0.15) is 32.6 Å². The second-order valence-electron chi connectivity index (χ2n) is 4.53. The van der Waals surface area contributed by atoms with Gasteiger partial charge in [0.1, 0.15) is 11.9 Å². The summed E-state index contributed by atoms with van der Waals surface area (Å²) in [4.78, 5) is 0. The molecule has 0 spiro atoms. The largest absolute Gasteiger partial charge is 0.385 e. The summed E-state index contributed by atoms with van der Waals surface area (Å²) in [5.74, 6) is 0.356. The molecular formula is C10H18N4O. The Morgan fingerprint density at radius 2 is 2.07 bits per heavy atom. The molecule has 1 atom stereocenters. The molecule has 0 unspecified atom stereocenters. The van der Waals surface area contributed by atoms with Crippen LogP contribution < -0.4 is 11.1 Å². The molecule has 0 radical (unpaired) electrons. The first kappa shape index (κ1) is 11.9. The molecule has 0 aromatic carbocycles. The van der Waals surface area contributed by atoms with Gasteiger partial charge in [-0.25, -0.2) is 0 Å². The van der Waals surface area contributed by atoms with Crippen LogP contribution in [0.3, 0.4) is 0 Å². The summed E-state index contributed by atoms with van der Waals surface area (Å²) in [6.07, 6.45) is -0.655. The molecule has 0 bridgehead atoms. The van der Waals surface area contributed by atoms with E-state index in [2.05, 4.69) is 15.5 Å². The minimum atomic E-state index is -0.655. The molecule has 1 aromatic rings. The summed E-state index contributed by atoms with van der Waals surface area (Å²) in [5, 5.41) is 20.5. The van der Waals surface area contributed by atoms with E-state index in [4.69, 9.17) is 5.73 Å². The summed E-state index contributed by atoms with van der Waals surface area (Å²) < 4.78 is 0. The van der Waals surface area contributed by atoms with Crippen molar-refractivity contribution in [3.63, 3.8) is 0 Å². The Labute approximate surface area is 89.7 Å². The fourth-order valence-corrected chi connectivity index (χ4v) is 1.04. The average molecular weight is 210 g/mol. The van der Waals surface area contributed by atoms with Crippen LogP contribution in [0.5, 0.6) is 0 Å². The Bertz CT molecular complexity index is 304. The maximum Gasteiger partial charge on any atom is 0.146 e. The number of nitrogens with one attached hydrogen (secondary N) is 1. The van der Waals surface area contributed by atoms with E-state index in [9.17, 15) is 5.11 Å². The zero-order valence-electron chi connectivity index (χ0n) is 9.36. The van der Waals surface area contributed by atoms with Gasteiger partial charge >= 0.3 is 0 Å². The van der Waals surface area contributed by atoms with Crippen molar-refractivity contribution >= 4 is 5.82 Å². The molecule has 15 heavy (non-hydrogen) atoms. The lowest BCUT2D eigenvalue weighted by atomic mass is 10.1. The van der Waals surface area contributed by atoms with E-state index in [1.54, 1.807) is 12.1 Å². The van der Waals surface area contributed by atoms with Gasteiger partial charge in [-0.1, -0.05) is 0 Å². The van der Waals surface area contributed by atoms with E-state index >= 15 is 0 Å². The number of nitrogens with zero attached hydrogens (tertiary/aromatic N) is 2. The molecule has 84 valence electrons. The lowest BCUT2D eigenvalue weighted by Gasteiger charge is -2.22. The summed E-state index contributed by atoms with van der Waals surface area (Å²) in [6, 6.07) is 3.31. The first-order valence-electron chi connectivity index (χ1n) is 4.91. The number of hydrogen-bond acceptors (Lipinski definition) is 5. The zero-order valence-corrected chi connectivity index (χ0v) is 9.36. The highest BCUT2D eigenvalue weighted by molar-refractivity contribution is 5.26. The van der Waals surface area contributed by atoms with Crippen LogP contribution in [0.25, 0.3) is 0 Å². The minimum absolute atomic E-state index is 0.0256. The molecule has 0 saturated heterocycles. The molecule has 5 heteroatoms. The van der Waals surface area contributed by atoms with Gasteiger partial charge in [0.15, 0.2) is 0 Å². The van der Waals surface area contributed by atoms with Crippen LogP contribution in [-0.4, -0.2) is 27.4 Å². The normalized spacial score (nSPS) is 13.9. The third kappa shape index (κ3) is 4.22. The number of aliphatic hydroxyl groups is 1. The van der Waals surface area contributed by atoms with E-state index in [-0.39, 0.29) is 5.54 Å². The number of hydrogen-bond donors (Lipinski definition) is 3. The SMILES string of the molecule is CC(C)(C)NC[C@@H](O)c1ccc(N)nn1. The maximum atomic E-state index is 9.77. The van der Waals surface area contributed by atoms with Crippen molar-refractivity contribution in [1.29, 1.82) is 0 Å². The van der Waals surface area contributed by atoms with Gasteiger partial charge in [0.2, 0.25) is 0 Å². The fourth-order valence-electron chi connectivity index (χ4n) is 1.04. The molecule has 0 aliphatic heterocycles. The van der Waals surface area contributed by atoms with Crippen LogP contribution in [0.2, 0.25) is 0 Å². The van der Waals surface area contributed by atoms with E-state index in [0.717, 1.165) is 0 Å². The quantitative estimate of drug-likeness (QED) is 0.675. The summed E-state index contributed by atoms with van der Waals surface area (Å²) >= 11 is 0. The van der Waals surface area contributed by atoms with Crippen LogP contribution >= 0.6 is 0 Å². The monoisotopic (exact) mass is 210 g/mol. The van der Waals surface area contributed by atoms with Crippen LogP contribution in [0.4, 0.5) is 5.82 Å². The number of β-amino-alcohol motifs (C(OH)–C–C–N with tert-alkyl or cyclic N) is 1. The number of rotatable bonds is 3. The number of anilines is 1. The fraction of sp³-hybridized carbons (Fsp3) is 0.600. The first-order chi connectivity index (χ1) is 6.88. The Morgan fingerprint density at radius 1 is 1.40 bits per heavy atom. The molecule has 5 nitrogen and oxygen atoms in total. The Balaban J connectivity index is 2.54. The van der Waals surface area contributed by atoms with E-state index in [1.807, 2.05) is 20.8 Å². The van der Waals surface area contributed by atoms with Gasteiger partial charge in [-0.15, -0.1) is 5.10 Å². The van der Waals surface area contributed by atoms with E-state index in [0.29, 0.717) is 18.1 Å². The zero-order chi connectivity index (χ0) is 11.5. The predicted molar refractivity (Wildman–Crippen MR) is 59.2 cm³/mol. The van der Waals surface area contributed by atoms with Crippen LogP contribution in [0.15, 0.2) is 12.1 Å². The van der Waals surface area contributed by atoms with E-state index < -0.39 is 6.10 Å². The van der Waals surface area contributed by atoms with Crippen LogP contribution in [-0.2, 0) is 0 Å². The summed E-state index contributed by atoms with van der Waals surface area (Å²) in [5.41, 5.74) is 5.90. The molecule has 1 heterocycles. The van der Waals surface area contributed by atoms with Crippen LogP contribution in [0, 0.1) is 0 Å². The van der Waals surface area contributed by atoms with Crippen molar-refractivity contribution in [2.45, 2.75) is 32.4 Å². The summed E-state index contributed by atoms with van der Waals surface area (Å²) in [7, 11) is 0. The third-order valence-electron chi connectivity index (χ3n) is 1.87. The van der Waals surface area contributed by atoms with Gasteiger partial charge in [0.05, 0.1) is 5.69 Å². The van der Waals surface area contributed by atoms with Crippen molar-refractivity contribution in [3.05, 3.63) is 17.8 Å². The van der Waals surface area contributed by atoms with Crippen molar-refractivity contribution < 1.29 is 5.11 Å². The van der Waals surface area contributed by atoms with Gasteiger partial charge in [-0.3, -0.25) is 0 Å². The second kappa shape index (κ2) is 4.55. The minimum Gasteiger partial charge on any atom is -0.385 e. The molecule has 0 aliphatic carbocycles. The molecule has 1 aromatic heterocycles. The highest BCUT2D eigenvalue weighted by Gasteiger charge is 2.14. The van der Waals surface area contributed by atoms with Crippen molar-refractivity contribution in [2.24, 2.45) is 0 Å². The molecule has 0 saturated carbocycles. The van der Waals surface area contributed by atoms with Crippen molar-refractivity contribution in [3.8, 4) is 0 Å². The summed E-state index contributed by atoms with van der Waals surface area (Å²) in [6.45, 7) is 6.55. The molecule has 4 N–H and O–H groups in total. The second-order valence-corrected chi connectivity index (χ2v) is 4.53. The molecule has 0 amide bonds. The Kier molecular flexibility index (Phi) is 3.60. The topological polar surface area (TPSA) is 84.1 Å².